The molecule has 0 saturated heterocycles. The average Bonchev–Trinajstić information content (AvgIpc) is 3.11. The molecule has 0 radical (unpaired) electrons. The molecule has 0 amide bonds. The lowest BCUT2D eigenvalue weighted by molar-refractivity contribution is -0.0421. The van der Waals surface area contributed by atoms with Crippen LogP contribution >= 0.6 is 0 Å². The van der Waals surface area contributed by atoms with Crippen LogP contribution in [0, 0.1) is 0 Å². The van der Waals surface area contributed by atoms with E-state index in [1.807, 2.05) is 109 Å². The Morgan fingerprint density at radius 2 is 1.44 bits per heavy atom. The molecule has 7 nitrogen and oxygen atoms in total. The molecule has 45 heavy (non-hydrogen) atoms. The summed E-state index contributed by atoms with van der Waals surface area (Å²) in [6.45, 7) is 0.611. The molecule has 2 aliphatic rings. The van der Waals surface area contributed by atoms with Crippen molar-refractivity contribution in [2.24, 2.45) is 0 Å². The quantitative estimate of drug-likeness (QED) is 0.162. The minimum atomic E-state index is -1.24. The van der Waals surface area contributed by atoms with Crippen LogP contribution < -0.4 is 9.47 Å². The van der Waals surface area contributed by atoms with Crippen LogP contribution in [0.5, 0.6) is 11.5 Å². The molecule has 0 fully saturated rings. The van der Waals surface area contributed by atoms with Gasteiger partial charge in [-0.25, -0.2) is 4.79 Å². The van der Waals surface area contributed by atoms with E-state index in [9.17, 15) is 9.90 Å². The van der Waals surface area contributed by atoms with Gasteiger partial charge in [-0.15, -0.1) is 0 Å². The van der Waals surface area contributed by atoms with Crippen molar-refractivity contribution in [2.45, 2.75) is 11.7 Å². The molecule has 4 aromatic carbocycles. The lowest BCUT2D eigenvalue weighted by Gasteiger charge is -2.44. The van der Waals surface area contributed by atoms with Crippen molar-refractivity contribution < 1.29 is 33.6 Å². The number of aliphatic hydroxyl groups is 1. The van der Waals surface area contributed by atoms with Gasteiger partial charge in [0, 0.05) is 11.1 Å². The van der Waals surface area contributed by atoms with Gasteiger partial charge in [0.15, 0.2) is 5.60 Å². The minimum absolute atomic E-state index is 0.0788. The van der Waals surface area contributed by atoms with E-state index >= 15 is 0 Å². The molecule has 0 saturated carbocycles. The highest BCUT2D eigenvalue weighted by molar-refractivity contribution is 5.89. The van der Waals surface area contributed by atoms with E-state index in [4.69, 9.17) is 23.7 Å². The van der Waals surface area contributed by atoms with Crippen molar-refractivity contribution >= 4 is 11.5 Å². The molecule has 1 heterocycles. The Morgan fingerprint density at radius 3 is 2.04 bits per heavy atom. The summed E-state index contributed by atoms with van der Waals surface area (Å²) in [6, 6.07) is 33.1. The molecule has 1 atom stereocenters. The Hall–Kier alpha value is -4.91. The molecule has 1 unspecified atom stereocenters. The number of benzene rings is 4. The van der Waals surface area contributed by atoms with Crippen molar-refractivity contribution in [3.63, 3.8) is 0 Å². The van der Waals surface area contributed by atoms with E-state index in [0.29, 0.717) is 22.7 Å². The summed E-state index contributed by atoms with van der Waals surface area (Å²) in [7, 11) is 3.26. The summed E-state index contributed by atoms with van der Waals surface area (Å²) in [5.74, 6) is 4.21. The summed E-state index contributed by atoms with van der Waals surface area (Å²) in [4.78, 5) is 13.0. The molecule has 1 N–H and O–H groups in total. The van der Waals surface area contributed by atoms with Crippen molar-refractivity contribution in [1.82, 2.24) is 0 Å². The molecule has 7 heteroatoms. The first-order chi connectivity index (χ1) is 22.1. The third-order valence-corrected chi connectivity index (χ3v) is 8.11. The molecule has 1 aliphatic heterocycles. The van der Waals surface area contributed by atoms with Crippen LogP contribution in [-0.4, -0.2) is 51.7 Å². The molecular formula is C38H34O7. The summed E-state index contributed by atoms with van der Waals surface area (Å²) < 4.78 is 30.4. The second-order valence-electron chi connectivity index (χ2n) is 10.6. The number of hydrogen-bond acceptors (Lipinski definition) is 7. The summed E-state index contributed by atoms with van der Waals surface area (Å²) in [6.07, 6.45) is 1.22. The van der Waals surface area contributed by atoms with Gasteiger partial charge in [0.2, 0.25) is 0 Å². The van der Waals surface area contributed by atoms with Crippen LogP contribution in [0.2, 0.25) is 0 Å². The minimum Gasteiger partial charge on any atom is -0.497 e. The van der Waals surface area contributed by atoms with Crippen LogP contribution in [0.1, 0.15) is 33.9 Å². The smallest absolute Gasteiger partial charge is 0.155 e. The van der Waals surface area contributed by atoms with Crippen LogP contribution in [0.25, 0.3) is 5.57 Å². The fourth-order valence-corrected chi connectivity index (χ4v) is 6.06. The van der Waals surface area contributed by atoms with Crippen molar-refractivity contribution in [3.05, 3.63) is 154 Å². The van der Waals surface area contributed by atoms with Crippen LogP contribution in [-0.2, 0) is 24.6 Å². The van der Waals surface area contributed by atoms with Crippen LogP contribution in [0.3, 0.4) is 0 Å². The Bertz CT molecular complexity index is 1710. The van der Waals surface area contributed by atoms with Crippen LogP contribution in [0.15, 0.2) is 126 Å². The predicted octanol–water partition coefficient (Wildman–Crippen LogP) is 6.20. The lowest BCUT2D eigenvalue weighted by Crippen LogP contribution is -2.40. The maximum atomic E-state index is 13.0. The van der Waals surface area contributed by atoms with Gasteiger partial charge in [-0.2, -0.15) is 0 Å². The van der Waals surface area contributed by atoms with Gasteiger partial charge < -0.3 is 28.8 Å². The van der Waals surface area contributed by atoms with Crippen molar-refractivity contribution in [2.75, 3.05) is 40.6 Å². The Morgan fingerprint density at radius 1 is 0.800 bits per heavy atom. The zero-order valence-electron chi connectivity index (χ0n) is 25.2. The first-order valence-electron chi connectivity index (χ1n) is 14.8. The van der Waals surface area contributed by atoms with Gasteiger partial charge in [-0.05, 0) is 58.2 Å². The first kappa shape index (κ1) is 30.1. The highest BCUT2D eigenvalue weighted by Crippen LogP contribution is 2.55. The predicted molar refractivity (Wildman–Crippen MR) is 171 cm³/mol. The van der Waals surface area contributed by atoms with E-state index in [0.717, 1.165) is 39.1 Å². The van der Waals surface area contributed by atoms with Crippen LogP contribution in [0.4, 0.5) is 0 Å². The number of methoxy groups -OCH3 is 2. The second kappa shape index (κ2) is 13.4. The largest absolute Gasteiger partial charge is 0.497 e. The summed E-state index contributed by atoms with van der Waals surface area (Å²) in [5.41, 5.74) is 4.88. The van der Waals surface area contributed by atoms with Crippen molar-refractivity contribution in [3.8, 4) is 11.5 Å². The maximum Gasteiger partial charge on any atom is 0.155 e. The number of rotatable bonds is 11. The number of fused-ring (bicyclic) bond motifs is 3. The maximum absolute atomic E-state index is 13.0. The van der Waals surface area contributed by atoms with E-state index in [-0.39, 0.29) is 26.4 Å². The van der Waals surface area contributed by atoms with Crippen molar-refractivity contribution in [1.29, 1.82) is 0 Å². The summed E-state index contributed by atoms with van der Waals surface area (Å²) in [5, 5.41) is 9.19. The highest BCUT2D eigenvalue weighted by atomic mass is 16.5. The van der Waals surface area contributed by atoms with Gasteiger partial charge in [-0.3, -0.25) is 0 Å². The average molecular weight is 603 g/mol. The fraction of sp³-hybridized carbons (Fsp3) is 0.211. The zero-order chi connectivity index (χ0) is 31.2. The Kier molecular flexibility index (Phi) is 8.96. The van der Waals surface area contributed by atoms with Gasteiger partial charge in [0.05, 0.1) is 39.6 Å². The van der Waals surface area contributed by atoms with E-state index < -0.39 is 11.7 Å². The zero-order valence-corrected chi connectivity index (χ0v) is 25.2. The molecule has 228 valence electrons. The lowest BCUT2D eigenvalue weighted by atomic mass is 9.73. The standard InChI is InChI=1S/C38H34O7/c1-41-30-15-13-26(14-16-30)35-32-18-17-31(42-2)24-33(32)36-34(37(35)44-22-21-43-20-19-39)23-29(25-40)38(45-36,27-9-5-3-6-10-27)28-11-7-4-8-12-28/h3-18,23-24,36,39H,19-22H2,1-2H3. The van der Waals surface area contributed by atoms with Gasteiger partial charge in [0.1, 0.15) is 35.9 Å². The third-order valence-electron chi connectivity index (χ3n) is 8.11. The fourth-order valence-electron chi connectivity index (χ4n) is 6.06. The molecule has 0 aromatic heterocycles. The van der Waals surface area contributed by atoms with Gasteiger partial charge in [0.25, 0.3) is 0 Å². The normalized spacial score (nSPS) is 16.6. The number of ether oxygens (including phenoxy) is 5. The monoisotopic (exact) mass is 602 g/mol. The molecule has 1 aliphatic carbocycles. The number of carbonyl (C=O) groups excluding carboxylic acids is 1. The molecule has 0 bridgehead atoms. The molecule has 6 rings (SSSR count). The van der Waals surface area contributed by atoms with Gasteiger partial charge in [-0.1, -0.05) is 78.9 Å². The van der Waals surface area contributed by atoms with Gasteiger partial charge >= 0.3 is 0 Å². The van der Waals surface area contributed by atoms with E-state index in [2.05, 4.69) is 5.94 Å². The number of aliphatic hydroxyl groups excluding tert-OH is 1. The highest BCUT2D eigenvalue weighted by Gasteiger charge is 2.49. The third kappa shape index (κ3) is 5.59. The van der Waals surface area contributed by atoms with E-state index in [1.165, 1.54) is 0 Å². The SMILES string of the molecule is COc1ccc(C2=C(OCCOCCO)C3=CC(=C=O)C(c4ccccc4)(c4ccccc4)OC3c3cc(OC)ccc32)cc1. The topological polar surface area (TPSA) is 83.5 Å². The second-order valence-corrected chi connectivity index (χ2v) is 10.6. The first-order valence-corrected chi connectivity index (χ1v) is 14.8. The van der Waals surface area contributed by atoms with E-state index in [1.54, 1.807) is 14.2 Å². The molecule has 4 aromatic rings. The Labute approximate surface area is 262 Å². The molecule has 0 spiro atoms. The number of hydrogen-bond donors (Lipinski definition) is 1. The molecular weight excluding hydrogens is 568 g/mol. The summed E-state index contributed by atoms with van der Waals surface area (Å²) >= 11 is 0. The Balaban J connectivity index is 1.62.